The predicted octanol–water partition coefficient (Wildman–Crippen LogP) is 6.04. The highest BCUT2D eigenvalue weighted by molar-refractivity contribution is 7.22. The maximum Gasteiger partial charge on any atom is 0.301 e. The van der Waals surface area contributed by atoms with Gasteiger partial charge in [-0.05, 0) is 66.6 Å². The second kappa shape index (κ2) is 8.43. The Morgan fingerprint density at radius 3 is 2.69 bits per heavy atom. The number of Topliss-reactive ketones (excluding diaryl/α,β-unsaturated/α-hetero) is 1. The highest BCUT2D eigenvalue weighted by Crippen LogP contribution is 2.45. The number of ether oxygens (including phenoxy) is 1. The molecule has 0 aliphatic carbocycles. The normalized spacial score (nSPS) is 20.7. The van der Waals surface area contributed by atoms with Crippen molar-refractivity contribution >= 4 is 55.7 Å². The molecule has 1 saturated heterocycles. The highest BCUT2D eigenvalue weighted by Gasteiger charge is 2.48. The number of aromatic nitrogens is 1. The van der Waals surface area contributed by atoms with Crippen molar-refractivity contribution in [3.63, 3.8) is 0 Å². The third-order valence-electron chi connectivity index (χ3n) is 6.34. The summed E-state index contributed by atoms with van der Waals surface area (Å²) in [6.07, 6.45) is 0.689. The summed E-state index contributed by atoms with van der Waals surface area (Å²) in [7, 11) is 0. The van der Waals surface area contributed by atoms with E-state index in [0.717, 1.165) is 22.6 Å². The zero-order valence-corrected chi connectivity index (χ0v) is 20.4. The molecule has 6 nitrogen and oxygen atoms in total. The first-order valence-corrected chi connectivity index (χ1v) is 12.4. The maximum atomic E-state index is 13.8. The van der Waals surface area contributed by atoms with E-state index in [2.05, 4.69) is 4.98 Å². The van der Waals surface area contributed by atoms with Crippen LogP contribution in [0.1, 0.15) is 29.7 Å². The number of fused-ring (bicyclic) bond motifs is 2. The molecular weight excluding hydrogens is 503 g/mol. The van der Waals surface area contributed by atoms with Crippen molar-refractivity contribution in [2.24, 2.45) is 0 Å². The number of carbonyl (C=O) groups excluding carboxylic acids is 2. The minimum absolute atomic E-state index is 0.0147. The Kier molecular flexibility index (Phi) is 5.31. The van der Waals surface area contributed by atoms with Gasteiger partial charge < -0.3 is 9.84 Å². The molecule has 2 aliphatic heterocycles. The van der Waals surface area contributed by atoms with Crippen LogP contribution in [0.5, 0.6) is 5.75 Å². The molecule has 1 aromatic heterocycles. The summed E-state index contributed by atoms with van der Waals surface area (Å²) < 4.78 is 20.1. The zero-order chi connectivity index (χ0) is 25.1. The van der Waals surface area contributed by atoms with E-state index in [4.69, 9.17) is 16.3 Å². The second-order valence-corrected chi connectivity index (χ2v) is 10.2. The third-order valence-corrected chi connectivity index (χ3v) is 7.61. The van der Waals surface area contributed by atoms with Crippen molar-refractivity contribution in [3.05, 3.63) is 93.8 Å². The fourth-order valence-electron chi connectivity index (χ4n) is 4.70. The number of ketones is 1. The largest absolute Gasteiger partial charge is 0.507 e. The molecule has 2 atom stereocenters. The molecule has 36 heavy (non-hydrogen) atoms. The Labute approximate surface area is 214 Å². The molecule has 3 heterocycles. The zero-order valence-electron chi connectivity index (χ0n) is 18.9. The molecule has 0 saturated carbocycles. The number of aliphatic hydroxyl groups excluding tert-OH is 1. The van der Waals surface area contributed by atoms with Crippen LogP contribution in [-0.4, -0.2) is 27.9 Å². The summed E-state index contributed by atoms with van der Waals surface area (Å²) >= 11 is 7.19. The summed E-state index contributed by atoms with van der Waals surface area (Å²) in [5, 5.41) is 12.1. The quantitative estimate of drug-likeness (QED) is 0.202. The van der Waals surface area contributed by atoms with E-state index >= 15 is 0 Å². The number of nitrogens with zero attached hydrogens (tertiary/aromatic N) is 2. The molecule has 1 N–H and O–H groups in total. The van der Waals surface area contributed by atoms with Gasteiger partial charge in [0.15, 0.2) is 5.13 Å². The van der Waals surface area contributed by atoms with Gasteiger partial charge in [0.1, 0.15) is 23.4 Å². The molecule has 0 bridgehead atoms. The number of rotatable bonds is 3. The number of anilines is 1. The maximum absolute atomic E-state index is 13.8. The van der Waals surface area contributed by atoms with E-state index in [1.807, 2.05) is 6.92 Å². The Bertz CT molecular complexity index is 1600. The average molecular weight is 521 g/mol. The first-order chi connectivity index (χ1) is 17.3. The molecule has 0 radical (unpaired) electrons. The molecular formula is C27H18ClFN2O4S. The lowest BCUT2D eigenvalue weighted by Gasteiger charge is -2.23. The highest BCUT2D eigenvalue weighted by atomic mass is 35.5. The fourth-order valence-corrected chi connectivity index (χ4v) is 5.85. The van der Waals surface area contributed by atoms with Crippen molar-refractivity contribution in [1.29, 1.82) is 0 Å². The average Bonchev–Trinajstić information content (AvgIpc) is 3.51. The van der Waals surface area contributed by atoms with Gasteiger partial charge in [0.25, 0.3) is 5.78 Å². The minimum Gasteiger partial charge on any atom is -0.507 e. The summed E-state index contributed by atoms with van der Waals surface area (Å²) in [6, 6.07) is 15.1. The number of hydrogen-bond acceptors (Lipinski definition) is 6. The number of thiazole rings is 1. The first-order valence-electron chi connectivity index (χ1n) is 11.2. The van der Waals surface area contributed by atoms with Gasteiger partial charge in [-0.1, -0.05) is 35.1 Å². The van der Waals surface area contributed by atoms with Crippen molar-refractivity contribution in [2.45, 2.75) is 25.5 Å². The third kappa shape index (κ3) is 3.65. The van der Waals surface area contributed by atoms with Crippen molar-refractivity contribution < 1.29 is 23.8 Å². The van der Waals surface area contributed by atoms with Crippen LogP contribution < -0.4 is 9.64 Å². The Morgan fingerprint density at radius 2 is 1.92 bits per heavy atom. The van der Waals surface area contributed by atoms with Gasteiger partial charge in [0.2, 0.25) is 0 Å². The molecule has 6 rings (SSSR count). The molecule has 0 spiro atoms. The Morgan fingerprint density at radius 1 is 1.14 bits per heavy atom. The monoisotopic (exact) mass is 520 g/mol. The van der Waals surface area contributed by atoms with Gasteiger partial charge in [-0.15, -0.1) is 0 Å². The van der Waals surface area contributed by atoms with Crippen molar-refractivity contribution in [1.82, 2.24) is 4.98 Å². The van der Waals surface area contributed by atoms with Crippen LogP contribution in [-0.2, 0) is 16.0 Å². The van der Waals surface area contributed by atoms with Gasteiger partial charge in [0.05, 0.1) is 21.8 Å². The van der Waals surface area contributed by atoms with Crippen LogP contribution in [0.25, 0.3) is 16.0 Å². The van der Waals surface area contributed by atoms with Gasteiger partial charge >= 0.3 is 5.91 Å². The lowest BCUT2D eigenvalue weighted by Crippen LogP contribution is -2.29. The van der Waals surface area contributed by atoms with Crippen molar-refractivity contribution in [3.8, 4) is 5.75 Å². The van der Waals surface area contributed by atoms with E-state index < -0.39 is 23.5 Å². The first kappa shape index (κ1) is 22.7. The van der Waals surface area contributed by atoms with E-state index in [9.17, 15) is 19.1 Å². The number of hydrogen-bond donors (Lipinski definition) is 1. The van der Waals surface area contributed by atoms with E-state index in [1.165, 1.54) is 23.1 Å². The van der Waals surface area contributed by atoms with Crippen LogP contribution in [0.15, 0.2) is 66.2 Å². The molecule has 9 heteroatoms. The van der Waals surface area contributed by atoms with Crippen LogP contribution in [0.2, 0.25) is 5.02 Å². The number of halogens is 2. The number of carbonyl (C=O) groups is 2. The molecule has 1 fully saturated rings. The van der Waals surface area contributed by atoms with Crippen LogP contribution in [0, 0.1) is 5.82 Å². The molecule has 1 amide bonds. The van der Waals surface area contributed by atoms with Crippen LogP contribution >= 0.6 is 22.9 Å². The van der Waals surface area contributed by atoms with Gasteiger partial charge in [-0.25, -0.2) is 9.37 Å². The van der Waals surface area contributed by atoms with E-state index in [1.54, 1.807) is 42.5 Å². The molecule has 2 aliphatic rings. The molecule has 0 unspecified atom stereocenters. The standard InChI is InChI=1S/C27H18ClFN2O4S/c1-13-10-16-11-15(4-9-20(16)35-13)24(32)22-23(14-2-5-17(28)6-3-14)31(26(34)25(22)33)27-30-19-8-7-18(29)12-21(19)36-27/h2-9,11-13,23,32H,10H2,1H3/t13-,23+/m0/s1. The van der Waals surface area contributed by atoms with Crippen LogP contribution in [0.4, 0.5) is 9.52 Å². The van der Waals surface area contributed by atoms with Crippen LogP contribution in [0.3, 0.4) is 0 Å². The minimum atomic E-state index is -0.948. The number of benzene rings is 3. The summed E-state index contributed by atoms with van der Waals surface area (Å²) in [4.78, 5) is 32.5. The predicted molar refractivity (Wildman–Crippen MR) is 136 cm³/mol. The van der Waals surface area contributed by atoms with E-state index in [0.29, 0.717) is 32.8 Å². The molecule has 3 aromatic carbocycles. The SMILES string of the molecule is C[C@H]1Cc2cc(C(O)=C3C(=O)C(=O)N(c4nc5ccc(F)cc5s4)[C@@H]3c3ccc(Cl)cc3)ccc2O1. The van der Waals surface area contributed by atoms with Crippen molar-refractivity contribution in [2.75, 3.05) is 4.90 Å². The van der Waals surface area contributed by atoms with E-state index in [-0.39, 0.29) is 22.6 Å². The number of aliphatic hydroxyl groups is 1. The fraction of sp³-hybridized carbons (Fsp3) is 0.148. The van der Waals surface area contributed by atoms with Gasteiger partial charge in [-0.3, -0.25) is 14.5 Å². The smallest absolute Gasteiger partial charge is 0.301 e. The molecule has 180 valence electrons. The second-order valence-electron chi connectivity index (χ2n) is 8.78. The van der Waals surface area contributed by atoms with Gasteiger partial charge in [-0.2, -0.15) is 0 Å². The number of amides is 1. The Hall–Kier alpha value is -3.75. The Balaban J connectivity index is 1.53. The molecule has 4 aromatic rings. The van der Waals surface area contributed by atoms with Gasteiger partial charge in [0, 0.05) is 17.0 Å². The lowest BCUT2D eigenvalue weighted by atomic mass is 9.94. The summed E-state index contributed by atoms with van der Waals surface area (Å²) in [6.45, 7) is 1.95. The lowest BCUT2D eigenvalue weighted by molar-refractivity contribution is -0.132. The summed E-state index contributed by atoms with van der Waals surface area (Å²) in [5.41, 5.74) is 2.34. The summed E-state index contributed by atoms with van der Waals surface area (Å²) in [5.74, 6) is -1.64. The topological polar surface area (TPSA) is 79.7 Å².